The lowest BCUT2D eigenvalue weighted by Crippen LogP contribution is -2.26. The Hall–Kier alpha value is -3.09. The second-order valence-electron chi connectivity index (χ2n) is 6.18. The summed E-state index contributed by atoms with van der Waals surface area (Å²) in [6.45, 7) is 6.81. The van der Waals surface area contributed by atoms with Crippen LogP contribution in [-0.2, 0) is 0 Å². The molecule has 7 heteroatoms. The molecule has 7 nitrogen and oxygen atoms in total. The number of methoxy groups -OCH3 is 3. The number of ether oxygens (including phenoxy) is 5. The van der Waals surface area contributed by atoms with Gasteiger partial charge in [-0.1, -0.05) is 6.07 Å². The van der Waals surface area contributed by atoms with E-state index in [0.29, 0.717) is 47.5 Å². The second-order valence-corrected chi connectivity index (χ2v) is 6.18. The van der Waals surface area contributed by atoms with Crippen LogP contribution < -0.4 is 29.0 Å². The molecule has 2 rings (SSSR count). The number of benzene rings is 2. The van der Waals surface area contributed by atoms with E-state index in [-0.39, 0.29) is 11.9 Å². The summed E-state index contributed by atoms with van der Waals surface area (Å²) in [6, 6.07) is 8.63. The summed E-state index contributed by atoms with van der Waals surface area (Å²) in [6.07, 6.45) is 0. The number of nitrogens with one attached hydrogen (secondary N) is 1. The molecule has 29 heavy (non-hydrogen) atoms. The van der Waals surface area contributed by atoms with Crippen LogP contribution in [0.3, 0.4) is 0 Å². The summed E-state index contributed by atoms with van der Waals surface area (Å²) >= 11 is 0. The van der Waals surface area contributed by atoms with Gasteiger partial charge in [0.25, 0.3) is 5.91 Å². The summed E-state index contributed by atoms with van der Waals surface area (Å²) in [5.74, 6) is 2.35. The van der Waals surface area contributed by atoms with Gasteiger partial charge in [0, 0.05) is 5.56 Å². The number of carbonyl (C=O) groups excluding carboxylic acids is 1. The second kappa shape index (κ2) is 10.5. The van der Waals surface area contributed by atoms with Gasteiger partial charge < -0.3 is 29.0 Å². The molecule has 0 spiro atoms. The molecule has 0 fully saturated rings. The quantitative estimate of drug-likeness (QED) is 0.646. The van der Waals surface area contributed by atoms with E-state index >= 15 is 0 Å². The molecule has 2 aromatic carbocycles. The molecule has 158 valence electrons. The van der Waals surface area contributed by atoms with Crippen molar-refractivity contribution in [1.82, 2.24) is 5.32 Å². The van der Waals surface area contributed by atoms with Crippen LogP contribution in [0, 0.1) is 0 Å². The van der Waals surface area contributed by atoms with Gasteiger partial charge in [-0.25, -0.2) is 0 Å². The summed E-state index contributed by atoms with van der Waals surface area (Å²) < 4.78 is 27.2. The van der Waals surface area contributed by atoms with Crippen LogP contribution in [0.5, 0.6) is 28.7 Å². The Morgan fingerprint density at radius 1 is 0.862 bits per heavy atom. The van der Waals surface area contributed by atoms with Crippen LogP contribution in [0.15, 0.2) is 30.3 Å². The summed E-state index contributed by atoms with van der Waals surface area (Å²) in [5, 5.41) is 2.99. The van der Waals surface area contributed by atoms with E-state index in [1.165, 1.54) is 21.3 Å². The fourth-order valence-corrected chi connectivity index (χ4v) is 2.91. The Balaban J connectivity index is 2.25. The molecule has 0 aromatic heterocycles. The van der Waals surface area contributed by atoms with Crippen LogP contribution in [0.4, 0.5) is 0 Å². The molecule has 1 amide bonds. The molecule has 0 bridgehead atoms. The van der Waals surface area contributed by atoms with Gasteiger partial charge in [-0.3, -0.25) is 4.79 Å². The molecule has 0 aliphatic heterocycles. The summed E-state index contributed by atoms with van der Waals surface area (Å²) in [4.78, 5) is 12.8. The highest BCUT2D eigenvalue weighted by molar-refractivity contribution is 5.95. The van der Waals surface area contributed by atoms with Gasteiger partial charge in [0.2, 0.25) is 5.75 Å². The minimum atomic E-state index is -0.261. The zero-order chi connectivity index (χ0) is 21.4. The van der Waals surface area contributed by atoms with Gasteiger partial charge in [-0.2, -0.15) is 0 Å². The van der Waals surface area contributed by atoms with Crippen molar-refractivity contribution in [1.29, 1.82) is 0 Å². The average molecular weight is 403 g/mol. The lowest BCUT2D eigenvalue weighted by atomic mass is 10.1. The highest BCUT2D eigenvalue weighted by Gasteiger charge is 2.19. The van der Waals surface area contributed by atoms with Gasteiger partial charge in [0.05, 0.1) is 40.6 Å². The van der Waals surface area contributed by atoms with Crippen LogP contribution in [-0.4, -0.2) is 40.5 Å². The van der Waals surface area contributed by atoms with E-state index in [1.807, 2.05) is 39.0 Å². The number of hydrogen-bond donors (Lipinski definition) is 1. The molecular formula is C22H29NO6. The Kier molecular flexibility index (Phi) is 8.00. The molecular weight excluding hydrogens is 374 g/mol. The lowest BCUT2D eigenvalue weighted by Gasteiger charge is -2.18. The van der Waals surface area contributed by atoms with Crippen LogP contribution in [0.2, 0.25) is 0 Å². The Labute approximate surface area is 171 Å². The fourth-order valence-electron chi connectivity index (χ4n) is 2.91. The topological polar surface area (TPSA) is 75.3 Å². The molecule has 1 unspecified atom stereocenters. The molecule has 0 aliphatic carbocycles. The van der Waals surface area contributed by atoms with Gasteiger partial charge >= 0.3 is 0 Å². The van der Waals surface area contributed by atoms with Crippen molar-refractivity contribution in [3.05, 3.63) is 41.5 Å². The number of carbonyl (C=O) groups is 1. The molecule has 0 radical (unpaired) electrons. The largest absolute Gasteiger partial charge is 0.493 e. The molecule has 0 heterocycles. The summed E-state index contributed by atoms with van der Waals surface area (Å²) in [5.41, 5.74) is 1.31. The minimum Gasteiger partial charge on any atom is -0.493 e. The van der Waals surface area contributed by atoms with Crippen molar-refractivity contribution >= 4 is 5.91 Å². The molecule has 1 atom stereocenters. The predicted octanol–water partition coefficient (Wildman–Crippen LogP) is 4.00. The minimum absolute atomic E-state index is 0.253. The maximum atomic E-state index is 12.8. The first-order chi connectivity index (χ1) is 14.0. The van der Waals surface area contributed by atoms with Crippen molar-refractivity contribution in [2.75, 3.05) is 34.5 Å². The zero-order valence-electron chi connectivity index (χ0n) is 17.8. The molecule has 0 saturated heterocycles. The van der Waals surface area contributed by atoms with Crippen molar-refractivity contribution in [3.8, 4) is 28.7 Å². The Morgan fingerprint density at radius 2 is 1.45 bits per heavy atom. The number of amides is 1. The summed E-state index contributed by atoms with van der Waals surface area (Å²) in [7, 11) is 4.54. The SMILES string of the molecule is CCOc1ccc(C(C)NC(=O)c2cc(OC)c(OC)c(OC)c2)cc1OCC. The Morgan fingerprint density at radius 3 is 1.97 bits per heavy atom. The third-order valence-electron chi connectivity index (χ3n) is 4.34. The molecule has 1 N–H and O–H groups in total. The van der Waals surface area contributed by atoms with Gasteiger partial charge in [0.1, 0.15) is 0 Å². The van der Waals surface area contributed by atoms with E-state index in [1.54, 1.807) is 12.1 Å². The number of hydrogen-bond acceptors (Lipinski definition) is 6. The highest BCUT2D eigenvalue weighted by atomic mass is 16.5. The average Bonchev–Trinajstić information content (AvgIpc) is 2.73. The van der Waals surface area contributed by atoms with E-state index in [4.69, 9.17) is 23.7 Å². The zero-order valence-corrected chi connectivity index (χ0v) is 17.8. The lowest BCUT2D eigenvalue weighted by molar-refractivity contribution is 0.0939. The first kappa shape index (κ1) is 22.2. The molecule has 2 aromatic rings. The highest BCUT2D eigenvalue weighted by Crippen LogP contribution is 2.38. The maximum absolute atomic E-state index is 12.8. The van der Waals surface area contributed by atoms with E-state index in [2.05, 4.69) is 5.32 Å². The van der Waals surface area contributed by atoms with E-state index in [9.17, 15) is 4.79 Å². The Bertz CT molecular complexity index is 811. The van der Waals surface area contributed by atoms with Crippen LogP contribution >= 0.6 is 0 Å². The van der Waals surface area contributed by atoms with Crippen LogP contribution in [0.25, 0.3) is 0 Å². The third kappa shape index (κ3) is 5.25. The van der Waals surface area contributed by atoms with Crippen molar-refractivity contribution in [2.45, 2.75) is 26.8 Å². The van der Waals surface area contributed by atoms with Gasteiger partial charge in [0.15, 0.2) is 23.0 Å². The van der Waals surface area contributed by atoms with Crippen molar-refractivity contribution in [2.24, 2.45) is 0 Å². The van der Waals surface area contributed by atoms with E-state index < -0.39 is 0 Å². The van der Waals surface area contributed by atoms with E-state index in [0.717, 1.165) is 5.56 Å². The maximum Gasteiger partial charge on any atom is 0.252 e. The predicted molar refractivity (Wildman–Crippen MR) is 111 cm³/mol. The smallest absolute Gasteiger partial charge is 0.252 e. The van der Waals surface area contributed by atoms with Gasteiger partial charge in [-0.15, -0.1) is 0 Å². The van der Waals surface area contributed by atoms with Crippen molar-refractivity contribution in [3.63, 3.8) is 0 Å². The standard InChI is InChI=1S/C22H29NO6/c1-7-28-17-10-9-15(11-18(17)29-8-2)14(3)23-22(24)16-12-19(25-4)21(27-6)20(13-16)26-5/h9-14H,7-8H2,1-6H3,(H,23,24). The monoisotopic (exact) mass is 403 g/mol. The van der Waals surface area contributed by atoms with Gasteiger partial charge in [-0.05, 0) is 50.6 Å². The first-order valence-corrected chi connectivity index (χ1v) is 9.49. The fraction of sp³-hybridized carbons (Fsp3) is 0.409. The normalized spacial score (nSPS) is 11.4. The third-order valence-corrected chi connectivity index (χ3v) is 4.34. The van der Waals surface area contributed by atoms with Crippen molar-refractivity contribution < 1.29 is 28.5 Å². The first-order valence-electron chi connectivity index (χ1n) is 9.49. The molecule has 0 aliphatic rings. The number of rotatable bonds is 10. The van der Waals surface area contributed by atoms with Crippen LogP contribution in [0.1, 0.15) is 42.7 Å². The molecule has 0 saturated carbocycles.